The molecule has 0 spiro atoms. The Morgan fingerprint density at radius 1 is 1.47 bits per heavy atom. The molecule has 0 unspecified atom stereocenters. The van der Waals surface area contributed by atoms with Crippen LogP contribution >= 0.6 is 23.4 Å². The molecule has 0 amide bonds. The predicted octanol–water partition coefficient (Wildman–Crippen LogP) is 3.43. The molecule has 0 fully saturated rings. The van der Waals surface area contributed by atoms with Gasteiger partial charge in [-0.15, -0.1) is 11.8 Å². The maximum absolute atomic E-state index is 5.95. The average molecular weight is 268 g/mol. The van der Waals surface area contributed by atoms with Crippen molar-refractivity contribution in [3.05, 3.63) is 41.4 Å². The van der Waals surface area contributed by atoms with Gasteiger partial charge in [0.05, 0.1) is 6.33 Å². The van der Waals surface area contributed by atoms with Crippen molar-refractivity contribution in [3.63, 3.8) is 0 Å². The van der Waals surface area contributed by atoms with Crippen molar-refractivity contribution in [3.8, 4) is 0 Å². The second kappa shape index (κ2) is 5.47. The molecule has 0 aliphatic heterocycles. The van der Waals surface area contributed by atoms with Crippen molar-refractivity contribution in [2.45, 2.75) is 24.1 Å². The van der Waals surface area contributed by atoms with E-state index in [0.29, 0.717) is 5.02 Å². The van der Waals surface area contributed by atoms with Crippen LogP contribution in [0.2, 0.25) is 5.02 Å². The Hall–Kier alpha value is -1.13. The molecule has 0 saturated carbocycles. The van der Waals surface area contributed by atoms with Gasteiger partial charge in [-0.3, -0.25) is 0 Å². The molecular formula is C12H14ClN3S. The summed E-state index contributed by atoms with van der Waals surface area (Å²) in [5.41, 5.74) is 7.85. The summed E-state index contributed by atoms with van der Waals surface area (Å²) in [7, 11) is 0. The zero-order valence-corrected chi connectivity index (χ0v) is 11.1. The average Bonchev–Trinajstić information content (AvgIpc) is 2.77. The van der Waals surface area contributed by atoms with Gasteiger partial charge in [0.15, 0.2) is 0 Å². The number of hydrogen-bond donors (Lipinski definition) is 1. The number of thioether (sulfide) groups is 1. The number of aryl methyl sites for hydroxylation is 1. The van der Waals surface area contributed by atoms with E-state index in [2.05, 4.69) is 16.5 Å². The quantitative estimate of drug-likeness (QED) is 0.682. The van der Waals surface area contributed by atoms with Crippen LogP contribution in [0.4, 0.5) is 5.69 Å². The molecule has 90 valence electrons. The van der Waals surface area contributed by atoms with E-state index >= 15 is 0 Å². The maximum atomic E-state index is 5.95. The van der Waals surface area contributed by atoms with Crippen molar-refractivity contribution < 1.29 is 0 Å². The molecule has 1 aromatic heterocycles. The third-order valence-electron chi connectivity index (χ3n) is 2.49. The van der Waals surface area contributed by atoms with Crippen LogP contribution in [0, 0.1) is 0 Å². The summed E-state index contributed by atoms with van der Waals surface area (Å²) in [5.74, 6) is 0.846. The highest BCUT2D eigenvalue weighted by Crippen LogP contribution is 2.30. The van der Waals surface area contributed by atoms with Gasteiger partial charge < -0.3 is 10.3 Å². The van der Waals surface area contributed by atoms with E-state index in [1.54, 1.807) is 17.8 Å². The molecule has 0 radical (unpaired) electrons. The second-order valence-corrected chi connectivity index (χ2v) is 5.10. The van der Waals surface area contributed by atoms with E-state index in [-0.39, 0.29) is 0 Å². The first-order valence-corrected chi connectivity index (χ1v) is 6.74. The lowest BCUT2D eigenvalue weighted by molar-refractivity contribution is 0.734. The van der Waals surface area contributed by atoms with Crippen LogP contribution < -0.4 is 5.73 Å². The number of anilines is 1. The number of benzene rings is 1. The van der Waals surface area contributed by atoms with Gasteiger partial charge in [-0.05, 0) is 25.1 Å². The molecule has 0 saturated heterocycles. The summed E-state index contributed by atoms with van der Waals surface area (Å²) in [6.45, 7) is 3.03. The first kappa shape index (κ1) is 12.3. The number of rotatable bonds is 4. The summed E-state index contributed by atoms with van der Waals surface area (Å²) in [6.07, 6.45) is 3.73. The normalized spacial score (nSPS) is 10.7. The molecule has 2 aromatic rings. The molecule has 2 N–H and O–H groups in total. The van der Waals surface area contributed by atoms with Gasteiger partial charge in [0.25, 0.3) is 0 Å². The lowest BCUT2D eigenvalue weighted by atomic mass is 10.3. The van der Waals surface area contributed by atoms with Crippen LogP contribution in [0.25, 0.3) is 0 Å². The fourth-order valence-corrected chi connectivity index (χ4v) is 2.76. The fraction of sp³-hybridized carbons (Fsp3) is 0.250. The van der Waals surface area contributed by atoms with Crippen molar-refractivity contribution in [1.29, 1.82) is 0 Å². The number of hydrogen-bond acceptors (Lipinski definition) is 3. The lowest BCUT2D eigenvalue weighted by Crippen LogP contribution is -1.97. The SMILES string of the molecule is CCn1cncc1CSc1cc(Cl)ccc1N. The van der Waals surface area contributed by atoms with Crippen LogP contribution in [-0.2, 0) is 12.3 Å². The molecule has 2 rings (SSSR count). The maximum Gasteiger partial charge on any atom is 0.0948 e. The monoisotopic (exact) mass is 267 g/mol. The smallest absolute Gasteiger partial charge is 0.0948 e. The first-order valence-electron chi connectivity index (χ1n) is 5.37. The van der Waals surface area contributed by atoms with Crippen LogP contribution in [0.1, 0.15) is 12.6 Å². The Morgan fingerprint density at radius 3 is 3.06 bits per heavy atom. The number of nitrogens with two attached hydrogens (primary N) is 1. The van der Waals surface area contributed by atoms with Crippen molar-refractivity contribution in [1.82, 2.24) is 9.55 Å². The van der Waals surface area contributed by atoms with Gasteiger partial charge >= 0.3 is 0 Å². The third-order valence-corrected chi connectivity index (χ3v) is 3.83. The van der Waals surface area contributed by atoms with Crippen LogP contribution in [0.3, 0.4) is 0 Å². The standard InChI is InChI=1S/C12H14ClN3S/c1-2-16-8-15-6-10(16)7-17-12-5-9(13)3-4-11(12)14/h3-6,8H,2,7,14H2,1H3. The van der Waals surface area contributed by atoms with Gasteiger partial charge in [0, 0.05) is 39.8 Å². The van der Waals surface area contributed by atoms with E-state index in [1.807, 2.05) is 24.7 Å². The zero-order valence-electron chi connectivity index (χ0n) is 9.56. The highest BCUT2D eigenvalue weighted by molar-refractivity contribution is 7.98. The largest absolute Gasteiger partial charge is 0.398 e. The van der Waals surface area contributed by atoms with E-state index in [4.69, 9.17) is 17.3 Å². The van der Waals surface area contributed by atoms with Crippen LogP contribution in [0.5, 0.6) is 0 Å². The van der Waals surface area contributed by atoms with Gasteiger partial charge in [0.2, 0.25) is 0 Å². The Morgan fingerprint density at radius 2 is 2.29 bits per heavy atom. The first-order chi connectivity index (χ1) is 8.20. The van der Waals surface area contributed by atoms with Crippen LogP contribution in [-0.4, -0.2) is 9.55 Å². The van der Waals surface area contributed by atoms with E-state index in [1.165, 1.54) is 5.69 Å². The molecule has 1 heterocycles. The molecule has 17 heavy (non-hydrogen) atoms. The molecule has 0 bridgehead atoms. The number of nitrogens with zero attached hydrogens (tertiary/aromatic N) is 2. The van der Waals surface area contributed by atoms with Crippen molar-refractivity contribution >= 4 is 29.1 Å². The van der Waals surface area contributed by atoms with E-state index in [0.717, 1.165) is 22.9 Å². The molecule has 5 heteroatoms. The third kappa shape index (κ3) is 2.96. The Labute approximate surface area is 110 Å². The summed E-state index contributed by atoms with van der Waals surface area (Å²) < 4.78 is 2.12. The van der Waals surface area contributed by atoms with Crippen LogP contribution in [0.15, 0.2) is 35.6 Å². The summed E-state index contributed by atoms with van der Waals surface area (Å²) in [4.78, 5) is 5.15. The Kier molecular flexibility index (Phi) is 3.97. The summed E-state index contributed by atoms with van der Waals surface area (Å²) in [6, 6.07) is 5.53. The molecule has 3 nitrogen and oxygen atoms in total. The van der Waals surface area contributed by atoms with E-state index in [9.17, 15) is 0 Å². The topological polar surface area (TPSA) is 43.8 Å². The molecule has 1 aromatic carbocycles. The zero-order chi connectivity index (χ0) is 12.3. The fourth-order valence-electron chi connectivity index (χ4n) is 1.54. The van der Waals surface area contributed by atoms with Gasteiger partial charge in [0.1, 0.15) is 0 Å². The van der Waals surface area contributed by atoms with Gasteiger partial charge in [-0.2, -0.15) is 0 Å². The number of halogens is 1. The van der Waals surface area contributed by atoms with Gasteiger partial charge in [-0.1, -0.05) is 11.6 Å². The minimum absolute atomic E-state index is 0.714. The Bertz CT molecular complexity index is 510. The highest BCUT2D eigenvalue weighted by atomic mass is 35.5. The van der Waals surface area contributed by atoms with Gasteiger partial charge in [-0.25, -0.2) is 4.98 Å². The second-order valence-electron chi connectivity index (χ2n) is 3.64. The number of aromatic nitrogens is 2. The minimum atomic E-state index is 0.714. The summed E-state index contributed by atoms with van der Waals surface area (Å²) in [5, 5.41) is 0.714. The summed E-state index contributed by atoms with van der Waals surface area (Å²) >= 11 is 7.63. The number of nitrogen functional groups attached to an aromatic ring is 1. The van der Waals surface area contributed by atoms with Crippen molar-refractivity contribution in [2.24, 2.45) is 0 Å². The molecule has 0 aliphatic rings. The molecular weight excluding hydrogens is 254 g/mol. The highest BCUT2D eigenvalue weighted by Gasteiger charge is 2.05. The molecule has 0 atom stereocenters. The minimum Gasteiger partial charge on any atom is -0.398 e. The molecule has 0 aliphatic carbocycles. The van der Waals surface area contributed by atoms with Crippen molar-refractivity contribution in [2.75, 3.05) is 5.73 Å². The Balaban J connectivity index is 2.09. The predicted molar refractivity (Wildman–Crippen MR) is 73.3 cm³/mol. The number of imidazole rings is 1. The lowest BCUT2D eigenvalue weighted by Gasteiger charge is -2.07. The van der Waals surface area contributed by atoms with E-state index < -0.39 is 0 Å².